The van der Waals surface area contributed by atoms with Gasteiger partial charge in [-0.2, -0.15) is 0 Å². The number of rotatable bonds is 8. The Morgan fingerprint density at radius 3 is 2.64 bits per heavy atom. The number of anilines is 2. The third-order valence-electron chi connectivity index (χ3n) is 7.96. The summed E-state index contributed by atoms with van der Waals surface area (Å²) in [5.74, 6) is 1.67. The van der Waals surface area contributed by atoms with Crippen LogP contribution in [0.2, 0.25) is 0 Å². The maximum absolute atomic E-state index is 12.7. The Morgan fingerprint density at radius 2 is 1.85 bits per heavy atom. The van der Waals surface area contributed by atoms with Crippen LogP contribution in [0.1, 0.15) is 54.8 Å². The molecule has 1 atom stereocenters. The normalized spacial score (nSPS) is 15.0. The maximum Gasteiger partial charge on any atom is 0.410 e. The second kappa shape index (κ2) is 13.5. The molecule has 1 saturated heterocycles. The molecule has 0 spiro atoms. The zero-order valence-electron chi connectivity index (χ0n) is 27.8. The summed E-state index contributed by atoms with van der Waals surface area (Å²) in [6, 6.07) is 16.0. The molecular weight excluding hydrogens is 611 g/mol. The van der Waals surface area contributed by atoms with Crippen LogP contribution in [-0.4, -0.2) is 55.7 Å². The van der Waals surface area contributed by atoms with Gasteiger partial charge in [0.25, 0.3) is 0 Å². The molecule has 1 aliphatic heterocycles. The number of aromatic nitrogens is 4. The molecule has 47 heavy (non-hydrogen) atoms. The van der Waals surface area contributed by atoms with Crippen LogP contribution in [0.4, 0.5) is 16.4 Å². The molecule has 4 heterocycles. The molecular formula is C36H41N7O3S. The zero-order chi connectivity index (χ0) is 33.1. The number of carbonyl (C=O) groups excluding carboxylic acids is 1. The molecule has 1 aliphatic rings. The molecule has 0 unspecified atom stereocenters. The van der Waals surface area contributed by atoms with E-state index in [1.54, 1.807) is 28.6 Å². The highest BCUT2D eigenvalue weighted by Gasteiger charge is 2.28. The largest absolute Gasteiger partial charge is 0.444 e. The average molecular weight is 652 g/mol. The van der Waals surface area contributed by atoms with Gasteiger partial charge in [0.2, 0.25) is 11.8 Å². The Morgan fingerprint density at radius 1 is 1.00 bits per heavy atom. The number of nitrogens with zero attached hydrogens (tertiary/aromatic N) is 5. The number of hydrogen-bond acceptors (Lipinski definition) is 10. The van der Waals surface area contributed by atoms with Crippen LogP contribution in [0.15, 0.2) is 60.9 Å². The van der Waals surface area contributed by atoms with E-state index >= 15 is 0 Å². The van der Waals surface area contributed by atoms with Crippen molar-refractivity contribution in [2.45, 2.75) is 72.6 Å². The van der Waals surface area contributed by atoms with E-state index in [2.05, 4.69) is 56.8 Å². The van der Waals surface area contributed by atoms with Crippen molar-refractivity contribution in [3.8, 4) is 22.9 Å². The lowest BCUT2D eigenvalue weighted by molar-refractivity contribution is 0.0206. The molecule has 0 saturated carbocycles. The third kappa shape index (κ3) is 7.62. The first kappa shape index (κ1) is 32.2. The van der Waals surface area contributed by atoms with Gasteiger partial charge >= 0.3 is 6.09 Å². The Hall–Kier alpha value is -4.77. The van der Waals surface area contributed by atoms with Gasteiger partial charge in [0.15, 0.2) is 0 Å². The number of pyridine rings is 1. The Kier molecular flexibility index (Phi) is 9.26. The molecule has 0 radical (unpaired) electrons. The number of nitrogens with one attached hydrogen (secondary N) is 2. The molecule has 1 fully saturated rings. The van der Waals surface area contributed by atoms with Gasteiger partial charge in [-0.1, -0.05) is 24.3 Å². The van der Waals surface area contributed by atoms with Crippen LogP contribution < -0.4 is 15.4 Å². The van der Waals surface area contributed by atoms with Crippen molar-refractivity contribution in [2.75, 3.05) is 23.7 Å². The second-order valence-corrected chi connectivity index (χ2v) is 14.2. The van der Waals surface area contributed by atoms with Crippen LogP contribution in [0.25, 0.3) is 22.0 Å². The smallest absolute Gasteiger partial charge is 0.410 e. The lowest BCUT2D eigenvalue weighted by atomic mass is 10.0. The van der Waals surface area contributed by atoms with E-state index in [1.807, 2.05) is 58.9 Å². The van der Waals surface area contributed by atoms with E-state index in [0.717, 1.165) is 56.9 Å². The highest BCUT2D eigenvalue weighted by Crippen LogP contribution is 2.39. The standard InChI is InChI=1S/C36H41N7O3S/c1-22-14-15-26-27(11-7-13-29(26)39-20-31-23(2)47-24(3)40-31)32(22)45-33-28(12-8-17-37-33)30-16-18-38-34(42-30)41-25-10-9-19-43(21-25)35(44)46-36(4,5)6/h7-8,11-18,25,39H,9-10,19-21H2,1-6H3,(H,38,41,42)/t25-/m0/s1. The van der Waals surface area contributed by atoms with Crippen molar-refractivity contribution in [1.29, 1.82) is 0 Å². The maximum atomic E-state index is 12.7. The highest BCUT2D eigenvalue weighted by atomic mass is 32.1. The first-order valence-corrected chi connectivity index (χ1v) is 16.8. The minimum atomic E-state index is -0.539. The molecule has 0 aliphatic carbocycles. The minimum absolute atomic E-state index is 0.000677. The van der Waals surface area contributed by atoms with E-state index in [1.165, 1.54) is 4.88 Å². The summed E-state index contributed by atoms with van der Waals surface area (Å²) in [7, 11) is 0. The molecule has 2 N–H and O–H groups in total. The molecule has 3 aromatic heterocycles. The molecule has 10 nitrogen and oxygen atoms in total. The number of carbonyl (C=O) groups is 1. The van der Waals surface area contributed by atoms with Gasteiger partial charge in [-0.25, -0.2) is 24.7 Å². The van der Waals surface area contributed by atoms with Crippen LogP contribution >= 0.6 is 11.3 Å². The summed E-state index contributed by atoms with van der Waals surface area (Å²) < 4.78 is 12.2. The third-order valence-corrected chi connectivity index (χ3v) is 8.89. The second-order valence-electron chi connectivity index (χ2n) is 12.8. The SMILES string of the molecule is Cc1nc(CNc2cccc3c(Oc4ncccc4-c4ccnc(N[C@H]5CCCN(C(=O)OC(C)(C)C)C5)n4)c(C)ccc23)c(C)s1. The molecule has 11 heteroatoms. The molecule has 1 amide bonds. The summed E-state index contributed by atoms with van der Waals surface area (Å²) in [6.07, 6.45) is 4.91. The van der Waals surface area contributed by atoms with Gasteiger partial charge in [0.05, 0.1) is 28.5 Å². The summed E-state index contributed by atoms with van der Waals surface area (Å²) >= 11 is 1.72. The van der Waals surface area contributed by atoms with Crippen molar-refractivity contribution in [1.82, 2.24) is 24.8 Å². The first-order chi connectivity index (χ1) is 22.5. The van der Waals surface area contributed by atoms with Gasteiger partial charge < -0.3 is 25.0 Å². The fourth-order valence-electron chi connectivity index (χ4n) is 5.76. The molecule has 5 aromatic rings. The summed E-state index contributed by atoms with van der Waals surface area (Å²) in [4.78, 5) is 34.3. The van der Waals surface area contributed by atoms with Crippen LogP contribution in [0.5, 0.6) is 11.6 Å². The fourth-order valence-corrected chi connectivity index (χ4v) is 6.59. The van der Waals surface area contributed by atoms with E-state index in [-0.39, 0.29) is 12.1 Å². The van der Waals surface area contributed by atoms with Gasteiger partial charge in [-0.15, -0.1) is 11.3 Å². The predicted octanol–water partition coefficient (Wildman–Crippen LogP) is 8.29. The Labute approximate surface area is 279 Å². The van der Waals surface area contributed by atoms with Crippen molar-refractivity contribution in [2.24, 2.45) is 0 Å². The summed E-state index contributed by atoms with van der Waals surface area (Å²) in [6.45, 7) is 13.6. The van der Waals surface area contributed by atoms with Crippen molar-refractivity contribution in [3.05, 3.63) is 82.1 Å². The minimum Gasteiger partial charge on any atom is -0.444 e. The van der Waals surface area contributed by atoms with E-state index < -0.39 is 5.60 Å². The van der Waals surface area contributed by atoms with Crippen LogP contribution in [0.3, 0.4) is 0 Å². The lowest BCUT2D eigenvalue weighted by Gasteiger charge is -2.34. The van der Waals surface area contributed by atoms with Gasteiger partial charge in [-0.05, 0) is 84.2 Å². The topological polar surface area (TPSA) is 114 Å². The number of fused-ring (bicyclic) bond motifs is 1. The predicted molar refractivity (Wildman–Crippen MR) is 187 cm³/mol. The van der Waals surface area contributed by atoms with E-state index in [9.17, 15) is 4.79 Å². The number of amides is 1. The Bertz CT molecular complexity index is 1900. The van der Waals surface area contributed by atoms with Crippen LogP contribution in [0, 0.1) is 20.8 Å². The average Bonchev–Trinajstić information content (AvgIpc) is 3.37. The lowest BCUT2D eigenvalue weighted by Crippen LogP contribution is -2.47. The molecule has 244 valence electrons. The zero-order valence-corrected chi connectivity index (χ0v) is 28.6. The van der Waals surface area contributed by atoms with Crippen molar-refractivity contribution >= 4 is 39.8 Å². The Balaban J connectivity index is 1.22. The molecule has 2 aromatic carbocycles. The van der Waals surface area contributed by atoms with Crippen LogP contribution in [-0.2, 0) is 11.3 Å². The number of hydrogen-bond donors (Lipinski definition) is 2. The van der Waals surface area contributed by atoms with Gasteiger partial charge in [0, 0.05) is 52.9 Å². The summed E-state index contributed by atoms with van der Waals surface area (Å²) in [5.41, 5.74) is 3.96. The highest BCUT2D eigenvalue weighted by molar-refractivity contribution is 7.11. The number of piperidine rings is 1. The number of benzene rings is 2. The number of aryl methyl sites for hydroxylation is 3. The number of thiazole rings is 1. The molecule has 6 rings (SSSR count). The van der Waals surface area contributed by atoms with Gasteiger partial charge in [-0.3, -0.25) is 0 Å². The van der Waals surface area contributed by atoms with Crippen molar-refractivity contribution < 1.29 is 14.3 Å². The first-order valence-electron chi connectivity index (χ1n) is 15.9. The molecule has 0 bridgehead atoms. The van der Waals surface area contributed by atoms with Gasteiger partial charge in [0.1, 0.15) is 11.4 Å². The van der Waals surface area contributed by atoms with Crippen molar-refractivity contribution in [3.63, 3.8) is 0 Å². The quantitative estimate of drug-likeness (QED) is 0.171. The fraction of sp³-hybridized carbons (Fsp3) is 0.361. The van der Waals surface area contributed by atoms with E-state index in [0.29, 0.717) is 37.2 Å². The number of likely N-dealkylation sites (tertiary alicyclic amines) is 1. The van der Waals surface area contributed by atoms with E-state index in [4.69, 9.17) is 14.5 Å². The number of ether oxygens (including phenoxy) is 2. The monoisotopic (exact) mass is 651 g/mol. The summed E-state index contributed by atoms with van der Waals surface area (Å²) in [5, 5.41) is 10.1.